The van der Waals surface area contributed by atoms with Crippen molar-refractivity contribution in [1.82, 2.24) is 9.80 Å². The van der Waals surface area contributed by atoms with E-state index in [-0.39, 0.29) is 0 Å². The van der Waals surface area contributed by atoms with Crippen molar-refractivity contribution in [2.24, 2.45) is 0 Å². The quantitative estimate of drug-likeness (QED) is 0.716. The van der Waals surface area contributed by atoms with Crippen LogP contribution in [-0.4, -0.2) is 49.1 Å². The molecular formula is C12H20ClIN2. The summed E-state index contributed by atoms with van der Waals surface area (Å²) in [5, 5.41) is 1.06. The van der Waals surface area contributed by atoms with Gasteiger partial charge in [0.2, 0.25) is 0 Å². The molecule has 0 bridgehead atoms. The molecule has 0 spiro atoms. The molecule has 2 aliphatic heterocycles. The molecule has 0 N–H and O–H groups in total. The van der Waals surface area contributed by atoms with Crippen LogP contribution < -0.4 is 0 Å². The normalized spacial score (nSPS) is 25.1. The van der Waals surface area contributed by atoms with E-state index in [2.05, 4.69) is 32.4 Å². The van der Waals surface area contributed by atoms with Crippen molar-refractivity contribution in [1.29, 1.82) is 0 Å². The molecule has 0 aromatic rings. The summed E-state index contributed by atoms with van der Waals surface area (Å²) >= 11 is 8.82. The molecule has 2 aliphatic rings. The summed E-state index contributed by atoms with van der Waals surface area (Å²) in [5.41, 5.74) is 0. The van der Waals surface area contributed by atoms with Crippen LogP contribution >= 0.6 is 34.2 Å². The standard InChI is InChI=1S/C12H20ClIN2/c13-11(9-15-5-1-2-6-15)12(14)10-16-7-3-4-8-16/h1-10H2/b12-11+. The molecule has 92 valence electrons. The van der Waals surface area contributed by atoms with Crippen LogP contribution in [0.25, 0.3) is 0 Å². The minimum Gasteiger partial charge on any atom is -0.299 e. The SMILES string of the molecule is Cl/C(CN1CCCC1)=C(/I)CN1CCCC1. The van der Waals surface area contributed by atoms with Crippen LogP contribution in [0.15, 0.2) is 8.61 Å². The van der Waals surface area contributed by atoms with Gasteiger partial charge in [0.1, 0.15) is 0 Å². The van der Waals surface area contributed by atoms with Crippen molar-refractivity contribution in [3.63, 3.8) is 0 Å². The zero-order valence-corrected chi connectivity index (χ0v) is 12.6. The number of rotatable bonds is 4. The minimum atomic E-state index is 0.966. The van der Waals surface area contributed by atoms with Crippen molar-refractivity contribution in [3.05, 3.63) is 8.61 Å². The second-order valence-corrected chi connectivity index (χ2v) is 6.53. The van der Waals surface area contributed by atoms with E-state index in [1.165, 1.54) is 55.4 Å². The van der Waals surface area contributed by atoms with E-state index in [9.17, 15) is 0 Å². The summed E-state index contributed by atoms with van der Waals surface area (Å²) in [6.45, 7) is 6.98. The summed E-state index contributed by atoms with van der Waals surface area (Å²) in [4.78, 5) is 4.97. The van der Waals surface area contributed by atoms with E-state index in [4.69, 9.17) is 11.6 Å². The molecule has 2 nitrogen and oxygen atoms in total. The first-order chi connectivity index (χ1) is 7.75. The Morgan fingerprint density at radius 3 is 1.81 bits per heavy atom. The predicted octanol–water partition coefficient (Wildman–Crippen LogP) is 3.06. The summed E-state index contributed by atoms with van der Waals surface area (Å²) in [7, 11) is 0. The third-order valence-electron chi connectivity index (χ3n) is 3.42. The maximum Gasteiger partial charge on any atom is 0.0427 e. The number of likely N-dealkylation sites (tertiary alicyclic amines) is 2. The van der Waals surface area contributed by atoms with Crippen LogP contribution in [0, 0.1) is 0 Å². The van der Waals surface area contributed by atoms with E-state index in [1.54, 1.807) is 0 Å². The van der Waals surface area contributed by atoms with Gasteiger partial charge in [0, 0.05) is 21.7 Å². The molecule has 0 aromatic carbocycles. The summed E-state index contributed by atoms with van der Waals surface area (Å²) in [6, 6.07) is 0. The van der Waals surface area contributed by atoms with Crippen LogP contribution in [-0.2, 0) is 0 Å². The molecule has 0 saturated carbocycles. The summed E-state index contributed by atoms with van der Waals surface area (Å²) < 4.78 is 1.34. The molecule has 2 fully saturated rings. The van der Waals surface area contributed by atoms with Gasteiger partial charge in [0.05, 0.1) is 0 Å². The fourth-order valence-electron chi connectivity index (χ4n) is 2.45. The van der Waals surface area contributed by atoms with Gasteiger partial charge < -0.3 is 0 Å². The molecule has 4 heteroatoms. The Kier molecular flexibility index (Phi) is 5.39. The van der Waals surface area contributed by atoms with E-state index in [1.807, 2.05) is 0 Å². The van der Waals surface area contributed by atoms with Gasteiger partial charge in [-0.15, -0.1) is 0 Å². The molecule has 0 amide bonds. The second-order valence-electron chi connectivity index (χ2n) is 4.78. The largest absolute Gasteiger partial charge is 0.299 e. The highest BCUT2D eigenvalue weighted by Gasteiger charge is 2.16. The first-order valence-corrected chi connectivity index (χ1v) is 7.69. The molecule has 2 saturated heterocycles. The second kappa shape index (κ2) is 6.57. The van der Waals surface area contributed by atoms with Crippen molar-refractivity contribution >= 4 is 34.2 Å². The topological polar surface area (TPSA) is 6.48 Å². The molecular weight excluding hydrogens is 335 g/mol. The Labute approximate surface area is 117 Å². The van der Waals surface area contributed by atoms with Crippen LogP contribution in [0.2, 0.25) is 0 Å². The highest BCUT2D eigenvalue weighted by Crippen LogP contribution is 2.22. The van der Waals surface area contributed by atoms with Gasteiger partial charge >= 0.3 is 0 Å². The lowest BCUT2D eigenvalue weighted by Gasteiger charge is -2.18. The Bertz CT molecular complexity index is 230. The van der Waals surface area contributed by atoms with Gasteiger partial charge in [0.15, 0.2) is 0 Å². The fraction of sp³-hybridized carbons (Fsp3) is 0.833. The highest BCUT2D eigenvalue weighted by molar-refractivity contribution is 14.1. The molecule has 2 heterocycles. The van der Waals surface area contributed by atoms with Crippen LogP contribution in [0.1, 0.15) is 25.7 Å². The molecule has 0 aromatic heterocycles. The Morgan fingerprint density at radius 1 is 0.875 bits per heavy atom. The molecule has 0 radical (unpaired) electrons. The van der Waals surface area contributed by atoms with Gasteiger partial charge in [-0.3, -0.25) is 9.80 Å². The van der Waals surface area contributed by atoms with Crippen molar-refractivity contribution < 1.29 is 0 Å². The lowest BCUT2D eigenvalue weighted by molar-refractivity contribution is 0.364. The summed E-state index contributed by atoms with van der Waals surface area (Å²) in [5.74, 6) is 0. The zero-order chi connectivity index (χ0) is 11.4. The molecule has 2 rings (SSSR count). The number of hydrogen-bond acceptors (Lipinski definition) is 2. The van der Waals surface area contributed by atoms with Crippen molar-refractivity contribution in [2.45, 2.75) is 25.7 Å². The third kappa shape index (κ3) is 3.86. The van der Waals surface area contributed by atoms with E-state index >= 15 is 0 Å². The van der Waals surface area contributed by atoms with Crippen molar-refractivity contribution in [2.75, 3.05) is 39.3 Å². The van der Waals surface area contributed by atoms with Gasteiger partial charge in [0.25, 0.3) is 0 Å². The first kappa shape index (κ1) is 13.1. The molecule has 0 atom stereocenters. The Hall–Kier alpha value is 0.680. The zero-order valence-electron chi connectivity index (χ0n) is 9.72. The molecule has 0 unspecified atom stereocenters. The average molecular weight is 355 g/mol. The molecule has 16 heavy (non-hydrogen) atoms. The maximum atomic E-state index is 6.39. The van der Waals surface area contributed by atoms with E-state index < -0.39 is 0 Å². The van der Waals surface area contributed by atoms with Crippen LogP contribution in [0.5, 0.6) is 0 Å². The number of hydrogen-bond donors (Lipinski definition) is 0. The number of nitrogens with zero attached hydrogens (tertiary/aromatic N) is 2. The third-order valence-corrected chi connectivity index (χ3v) is 5.08. The van der Waals surface area contributed by atoms with Crippen LogP contribution in [0.4, 0.5) is 0 Å². The number of halogens is 2. The van der Waals surface area contributed by atoms with Gasteiger partial charge in [-0.05, 0) is 74.5 Å². The average Bonchev–Trinajstić information content (AvgIpc) is 2.90. The molecule has 0 aliphatic carbocycles. The first-order valence-electron chi connectivity index (χ1n) is 6.23. The summed E-state index contributed by atoms with van der Waals surface area (Å²) in [6.07, 6.45) is 5.39. The van der Waals surface area contributed by atoms with Gasteiger partial charge in [-0.25, -0.2) is 0 Å². The maximum absolute atomic E-state index is 6.39. The Morgan fingerprint density at radius 2 is 1.31 bits per heavy atom. The van der Waals surface area contributed by atoms with E-state index in [0.717, 1.165) is 18.1 Å². The highest BCUT2D eigenvalue weighted by atomic mass is 127. The van der Waals surface area contributed by atoms with Gasteiger partial charge in [-0.1, -0.05) is 11.6 Å². The van der Waals surface area contributed by atoms with Crippen LogP contribution in [0.3, 0.4) is 0 Å². The lowest BCUT2D eigenvalue weighted by Crippen LogP contribution is -2.24. The lowest BCUT2D eigenvalue weighted by atomic mass is 10.4. The van der Waals surface area contributed by atoms with E-state index in [0.29, 0.717) is 0 Å². The smallest absolute Gasteiger partial charge is 0.0427 e. The minimum absolute atomic E-state index is 0.966. The predicted molar refractivity (Wildman–Crippen MR) is 78.2 cm³/mol. The van der Waals surface area contributed by atoms with Crippen molar-refractivity contribution in [3.8, 4) is 0 Å². The Balaban J connectivity index is 1.81. The monoisotopic (exact) mass is 354 g/mol. The fourth-order valence-corrected chi connectivity index (χ4v) is 3.33. The van der Waals surface area contributed by atoms with Gasteiger partial charge in [-0.2, -0.15) is 0 Å².